The fraction of sp³-hybridized carbons (Fsp3) is 0.562. The quantitative estimate of drug-likeness (QED) is 0.768. The Hall–Kier alpha value is -1.39. The number of carbonyl (C=O) groups is 1. The maximum absolute atomic E-state index is 12.2. The molecule has 0 spiro atoms. The third-order valence-corrected chi connectivity index (χ3v) is 4.08. The average molecular weight is 276 g/mol. The van der Waals surface area contributed by atoms with Crippen LogP contribution < -0.4 is 11.1 Å². The first-order chi connectivity index (χ1) is 9.63. The molecule has 1 fully saturated rings. The molecule has 2 rings (SSSR count). The molecule has 1 aliphatic rings. The maximum Gasteiger partial charge on any atom is 0.222 e. The number of aliphatic hydroxyl groups excluding tert-OH is 1. The normalized spacial score (nSPS) is 19.3. The molecule has 1 atom stereocenters. The Bertz CT molecular complexity index is 427. The summed E-state index contributed by atoms with van der Waals surface area (Å²) in [6.07, 6.45) is 5.59. The number of carbonyl (C=O) groups excluding carboxylic acids is 1. The van der Waals surface area contributed by atoms with Crippen LogP contribution in [0.4, 0.5) is 0 Å². The van der Waals surface area contributed by atoms with E-state index < -0.39 is 0 Å². The van der Waals surface area contributed by atoms with Crippen LogP contribution in [0.15, 0.2) is 30.3 Å². The molecule has 1 aromatic carbocycles. The van der Waals surface area contributed by atoms with Crippen LogP contribution in [0, 0.1) is 0 Å². The summed E-state index contributed by atoms with van der Waals surface area (Å²) in [5, 5.41) is 12.3. The van der Waals surface area contributed by atoms with Gasteiger partial charge in [-0.3, -0.25) is 4.79 Å². The lowest BCUT2D eigenvalue weighted by molar-refractivity contribution is -0.123. The van der Waals surface area contributed by atoms with Gasteiger partial charge >= 0.3 is 0 Å². The van der Waals surface area contributed by atoms with Crippen molar-refractivity contribution in [3.63, 3.8) is 0 Å². The molecule has 0 radical (unpaired) electrons. The SMILES string of the molecule is NC1(CC(=O)NC(CO)c2ccccc2)CCCCC1. The van der Waals surface area contributed by atoms with Crippen molar-refractivity contribution in [2.45, 2.75) is 50.1 Å². The van der Waals surface area contributed by atoms with Gasteiger partial charge in [0.2, 0.25) is 5.91 Å². The minimum absolute atomic E-state index is 0.0719. The Balaban J connectivity index is 1.92. The van der Waals surface area contributed by atoms with E-state index in [4.69, 9.17) is 5.73 Å². The zero-order valence-corrected chi connectivity index (χ0v) is 11.8. The molecule has 110 valence electrons. The van der Waals surface area contributed by atoms with E-state index in [0.717, 1.165) is 31.2 Å². The molecule has 20 heavy (non-hydrogen) atoms. The molecule has 0 saturated heterocycles. The second kappa shape index (κ2) is 6.86. The molecule has 4 nitrogen and oxygen atoms in total. The highest BCUT2D eigenvalue weighted by Crippen LogP contribution is 2.28. The highest BCUT2D eigenvalue weighted by atomic mass is 16.3. The summed E-state index contributed by atoms with van der Waals surface area (Å²) in [6.45, 7) is -0.104. The second-order valence-corrected chi connectivity index (χ2v) is 5.81. The van der Waals surface area contributed by atoms with Crippen LogP contribution in [0.25, 0.3) is 0 Å². The maximum atomic E-state index is 12.2. The lowest BCUT2D eigenvalue weighted by Gasteiger charge is -2.33. The summed E-state index contributed by atoms with van der Waals surface area (Å²) in [4.78, 5) is 12.2. The molecule has 1 aromatic rings. The number of benzene rings is 1. The summed E-state index contributed by atoms with van der Waals surface area (Å²) < 4.78 is 0. The molecule has 4 heteroatoms. The summed E-state index contributed by atoms with van der Waals surface area (Å²) in [5.41, 5.74) is 6.85. The van der Waals surface area contributed by atoms with Gasteiger partial charge in [-0.1, -0.05) is 49.6 Å². The van der Waals surface area contributed by atoms with Crippen LogP contribution >= 0.6 is 0 Å². The van der Waals surface area contributed by atoms with Crippen LogP contribution in [0.2, 0.25) is 0 Å². The van der Waals surface area contributed by atoms with Gasteiger partial charge in [0.25, 0.3) is 0 Å². The van der Waals surface area contributed by atoms with E-state index in [1.165, 1.54) is 6.42 Å². The molecule has 0 aromatic heterocycles. The summed E-state index contributed by atoms with van der Waals surface area (Å²) in [5.74, 6) is -0.0719. The first kappa shape index (κ1) is 15.0. The molecule has 1 saturated carbocycles. The topological polar surface area (TPSA) is 75.4 Å². The predicted octanol–water partition coefficient (Wildman–Crippen LogP) is 1.89. The monoisotopic (exact) mass is 276 g/mol. The van der Waals surface area contributed by atoms with Gasteiger partial charge in [0, 0.05) is 12.0 Å². The van der Waals surface area contributed by atoms with E-state index in [1.54, 1.807) is 0 Å². The van der Waals surface area contributed by atoms with E-state index in [-0.39, 0.29) is 24.1 Å². The van der Waals surface area contributed by atoms with E-state index in [9.17, 15) is 9.90 Å². The van der Waals surface area contributed by atoms with Crippen molar-refractivity contribution in [1.29, 1.82) is 0 Å². The van der Waals surface area contributed by atoms with Crippen molar-refractivity contribution in [3.8, 4) is 0 Å². The molecule has 0 heterocycles. The van der Waals surface area contributed by atoms with Crippen molar-refractivity contribution in [2.24, 2.45) is 5.73 Å². The number of hydrogen-bond acceptors (Lipinski definition) is 3. The minimum Gasteiger partial charge on any atom is -0.394 e. The predicted molar refractivity (Wildman–Crippen MR) is 79.0 cm³/mol. The standard InChI is InChI=1S/C16H24N2O2/c17-16(9-5-2-6-10-16)11-15(20)18-14(12-19)13-7-3-1-4-8-13/h1,3-4,7-8,14,19H,2,5-6,9-12,17H2,(H,18,20). The van der Waals surface area contributed by atoms with Crippen LogP contribution in [0.1, 0.15) is 50.1 Å². The Morgan fingerprint density at radius 2 is 1.90 bits per heavy atom. The lowest BCUT2D eigenvalue weighted by atomic mass is 9.80. The average Bonchev–Trinajstić information content (AvgIpc) is 2.46. The van der Waals surface area contributed by atoms with Gasteiger partial charge in [-0.15, -0.1) is 0 Å². The van der Waals surface area contributed by atoms with Crippen molar-refractivity contribution >= 4 is 5.91 Å². The van der Waals surface area contributed by atoms with E-state index >= 15 is 0 Å². The fourth-order valence-corrected chi connectivity index (χ4v) is 2.92. The van der Waals surface area contributed by atoms with Crippen molar-refractivity contribution in [3.05, 3.63) is 35.9 Å². The lowest BCUT2D eigenvalue weighted by Crippen LogP contribution is -2.46. The summed E-state index contributed by atoms with van der Waals surface area (Å²) >= 11 is 0. The first-order valence-corrected chi connectivity index (χ1v) is 7.37. The van der Waals surface area contributed by atoms with Crippen molar-refractivity contribution in [2.75, 3.05) is 6.61 Å². The Labute approximate surface area is 120 Å². The van der Waals surface area contributed by atoms with Gasteiger partial charge < -0.3 is 16.2 Å². The molecular weight excluding hydrogens is 252 g/mol. The molecule has 4 N–H and O–H groups in total. The van der Waals surface area contributed by atoms with E-state index in [2.05, 4.69) is 5.32 Å². The van der Waals surface area contributed by atoms with E-state index in [1.807, 2.05) is 30.3 Å². The highest BCUT2D eigenvalue weighted by molar-refractivity contribution is 5.77. The zero-order chi connectivity index (χ0) is 14.4. The van der Waals surface area contributed by atoms with Gasteiger partial charge in [0.1, 0.15) is 0 Å². The summed E-state index contributed by atoms with van der Waals surface area (Å²) in [6, 6.07) is 9.16. The van der Waals surface area contributed by atoms with Crippen LogP contribution in [0.3, 0.4) is 0 Å². The van der Waals surface area contributed by atoms with Gasteiger partial charge in [-0.2, -0.15) is 0 Å². The second-order valence-electron chi connectivity index (χ2n) is 5.81. The third kappa shape index (κ3) is 4.05. The highest BCUT2D eigenvalue weighted by Gasteiger charge is 2.30. The van der Waals surface area contributed by atoms with E-state index in [0.29, 0.717) is 6.42 Å². The Morgan fingerprint density at radius 3 is 2.50 bits per heavy atom. The van der Waals surface area contributed by atoms with Gasteiger partial charge in [0.15, 0.2) is 0 Å². The third-order valence-electron chi connectivity index (χ3n) is 4.08. The number of hydrogen-bond donors (Lipinski definition) is 3. The smallest absolute Gasteiger partial charge is 0.222 e. The molecular formula is C16H24N2O2. The number of nitrogens with one attached hydrogen (secondary N) is 1. The van der Waals surface area contributed by atoms with Crippen molar-refractivity contribution in [1.82, 2.24) is 5.32 Å². The molecule has 0 aliphatic heterocycles. The van der Waals surface area contributed by atoms with Crippen molar-refractivity contribution < 1.29 is 9.90 Å². The largest absolute Gasteiger partial charge is 0.394 e. The molecule has 0 bridgehead atoms. The molecule has 1 amide bonds. The first-order valence-electron chi connectivity index (χ1n) is 7.37. The summed E-state index contributed by atoms with van der Waals surface area (Å²) in [7, 11) is 0. The minimum atomic E-state index is -0.362. The number of amides is 1. The number of rotatable bonds is 5. The number of aliphatic hydroxyl groups is 1. The zero-order valence-electron chi connectivity index (χ0n) is 11.8. The fourth-order valence-electron chi connectivity index (χ4n) is 2.92. The Morgan fingerprint density at radius 1 is 1.25 bits per heavy atom. The van der Waals surface area contributed by atoms with Gasteiger partial charge in [-0.25, -0.2) is 0 Å². The number of nitrogens with two attached hydrogens (primary N) is 1. The van der Waals surface area contributed by atoms with Gasteiger partial charge in [-0.05, 0) is 18.4 Å². The van der Waals surface area contributed by atoms with Gasteiger partial charge in [0.05, 0.1) is 12.6 Å². The van der Waals surface area contributed by atoms with Crippen LogP contribution in [-0.2, 0) is 4.79 Å². The molecule has 1 aliphatic carbocycles. The van der Waals surface area contributed by atoms with Crippen LogP contribution in [-0.4, -0.2) is 23.2 Å². The van der Waals surface area contributed by atoms with Crippen LogP contribution in [0.5, 0.6) is 0 Å². The molecule has 1 unspecified atom stereocenters. The Kier molecular flexibility index (Phi) is 5.15.